The lowest BCUT2D eigenvalue weighted by atomic mass is 10.3. The number of hydrogen-bond acceptors (Lipinski definition) is 3. The van der Waals surface area contributed by atoms with Crippen molar-refractivity contribution < 1.29 is 18.3 Å². The zero-order chi connectivity index (χ0) is 13.5. The predicted octanol–water partition coefficient (Wildman–Crippen LogP) is 1.20. The number of nitrogens with two attached hydrogens (primary N) is 1. The summed E-state index contributed by atoms with van der Waals surface area (Å²) in [5, 5.41) is 2.90. The summed E-state index contributed by atoms with van der Waals surface area (Å²) >= 11 is 0. The van der Waals surface area contributed by atoms with Crippen molar-refractivity contribution in [3.63, 3.8) is 0 Å². The highest BCUT2D eigenvalue weighted by Gasteiger charge is 2.15. The van der Waals surface area contributed by atoms with Crippen LogP contribution in [0.25, 0.3) is 0 Å². The number of ether oxygens (including phenoxy) is 1. The molecule has 1 unspecified atom stereocenters. The second-order valence-corrected chi connectivity index (χ2v) is 3.80. The van der Waals surface area contributed by atoms with E-state index >= 15 is 0 Å². The summed E-state index contributed by atoms with van der Waals surface area (Å²) in [6, 6.07) is 2.52. The Labute approximate surface area is 104 Å². The van der Waals surface area contributed by atoms with E-state index < -0.39 is 23.6 Å². The largest absolute Gasteiger partial charge is 0.491 e. The van der Waals surface area contributed by atoms with Crippen LogP contribution in [0.3, 0.4) is 0 Å². The maximum Gasteiger partial charge on any atom is 0.238 e. The second kappa shape index (κ2) is 6.90. The number of carbonyl (C=O) groups is 1. The van der Waals surface area contributed by atoms with Gasteiger partial charge in [-0.3, -0.25) is 4.79 Å². The van der Waals surface area contributed by atoms with Crippen molar-refractivity contribution in [2.24, 2.45) is 5.73 Å². The van der Waals surface area contributed by atoms with Gasteiger partial charge in [0.25, 0.3) is 0 Å². The maximum absolute atomic E-state index is 12.9. The Morgan fingerprint density at radius 3 is 2.72 bits per heavy atom. The standard InChI is InChI=1S/C12H16F2N2O2/c1-2-5-16-11(12(15)17)7-18-8-3-4-9(13)10(14)6-8/h3-4,6,11,16H,2,5,7H2,1H3,(H2,15,17). The first-order chi connectivity index (χ1) is 8.54. The van der Waals surface area contributed by atoms with Gasteiger partial charge >= 0.3 is 0 Å². The smallest absolute Gasteiger partial charge is 0.238 e. The maximum atomic E-state index is 12.9. The number of amides is 1. The molecule has 0 saturated carbocycles. The van der Waals surface area contributed by atoms with Crippen LogP contribution in [-0.4, -0.2) is 25.1 Å². The Kier molecular flexibility index (Phi) is 5.51. The highest BCUT2D eigenvalue weighted by molar-refractivity contribution is 5.80. The van der Waals surface area contributed by atoms with E-state index in [0.29, 0.717) is 6.54 Å². The molecule has 0 bridgehead atoms. The molecule has 0 aromatic heterocycles. The van der Waals surface area contributed by atoms with Gasteiger partial charge in [-0.25, -0.2) is 8.78 Å². The van der Waals surface area contributed by atoms with Crippen LogP contribution < -0.4 is 15.8 Å². The molecule has 1 aromatic carbocycles. The summed E-state index contributed by atoms with van der Waals surface area (Å²) in [5.41, 5.74) is 5.18. The molecule has 4 nitrogen and oxygen atoms in total. The van der Waals surface area contributed by atoms with Crippen molar-refractivity contribution in [1.29, 1.82) is 0 Å². The van der Waals surface area contributed by atoms with Crippen LogP contribution >= 0.6 is 0 Å². The van der Waals surface area contributed by atoms with Crippen molar-refractivity contribution >= 4 is 5.91 Å². The lowest BCUT2D eigenvalue weighted by Gasteiger charge is -2.15. The molecule has 100 valence electrons. The van der Waals surface area contributed by atoms with Crippen molar-refractivity contribution in [3.05, 3.63) is 29.8 Å². The van der Waals surface area contributed by atoms with Gasteiger partial charge < -0.3 is 15.8 Å². The van der Waals surface area contributed by atoms with Crippen LogP contribution in [0.1, 0.15) is 13.3 Å². The Hall–Kier alpha value is -1.69. The lowest BCUT2D eigenvalue weighted by Crippen LogP contribution is -2.45. The SMILES string of the molecule is CCCNC(COc1ccc(F)c(F)c1)C(N)=O. The summed E-state index contributed by atoms with van der Waals surface area (Å²) in [7, 11) is 0. The van der Waals surface area contributed by atoms with E-state index in [2.05, 4.69) is 5.32 Å². The van der Waals surface area contributed by atoms with Crippen molar-refractivity contribution in [2.45, 2.75) is 19.4 Å². The number of hydrogen-bond donors (Lipinski definition) is 2. The molecule has 1 aromatic rings. The van der Waals surface area contributed by atoms with Crippen LogP contribution in [0, 0.1) is 11.6 Å². The van der Waals surface area contributed by atoms with Gasteiger partial charge in [-0.15, -0.1) is 0 Å². The Balaban J connectivity index is 2.55. The normalized spacial score (nSPS) is 12.2. The van der Waals surface area contributed by atoms with E-state index in [1.54, 1.807) is 0 Å². The van der Waals surface area contributed by atoms with Gasteiger partial charge in [-0.05, 0) is 25.1 Å². The molecule has 3 N–H and O–H groups in total. The molecule has 1 rings (SSSR count). The van der Waals surface area contributed by atoms with Crippen LogP contribution in [0.15, 0.2) is 18.2 Å². The summed E-state index contributed by atoms with van der Waals surface area (Å²) in [6.07, 6.45) is 0.842. The molecule has 0 radical (unpaired) electrons. The predicted molar refractivity (Wildman–Crippen MR) is 63.1 cm³/mol. The minimum atomic E-state index is -0.996. The van der Waals surface area contributed by atoms with Crippen molar-refractivity contribution in [2.75, 3.05) is 13.2 Å². The van der Waals surface area contributed by atoms with E-state index in [-0.39, 0.29) is 12.4 Å². The molecule has 6 heteroatoms. The van der Waals surface area contributed by atoms with Crippen LogP contribution in [-0.2, 0) is 4.79 Å². The van der Waals surface area contributed by atoms with Gasteiger partial charge in [0.05, 0.1) is 0 Å². The number of carbonyl (C=O) groups excluding carboxylic acids is 1. The van der Waals surface area contributed by atoms with Crippen molar-refractivity contribution in [3.8, 4) is 5.75 Å². The highest BCUT2D eigenvalue weighted by atomic mass is 19.2. The van der Waals surface area contributed by atoms with Gasteiger partial charge in [0.2, 0.25) is 5.91 Å². The fourth-order valence-electron chi connectivity index (χ4n) is 1.31. The van der Waals surface area contributed by atoms with Gasteiger partial charge in [-0.2, -0.15) is 0 Å². The average molecular weight is 258 g/mol. The lowest BCUT2D eigenvalue weighted by molar-refractivity contribution is -0.120. The first-order valence-corrected chi connectivity index (χ1v) is 5.65. The number of halogens is 2. The number of nitrogens with one attached hydrogen (secondary N) is 1. The van der Waals surface area contributed by atoms with Gasteiger partial charge in [0.1, 0.15) is 18.4 Å². The Morgan fingerprint density at radius 2 is 2.17 bits per heavy atom. The molecular weight excluding hydrogens is 242 g/mol. The summed E-state index contributed by atoms with van der Waals surface area (Å²) in [4.78, 5) is 11.1. The Bertz CT molecular complexity index is 413. The van der Waals surface area contributed by atoms with Gasteiger partial charge in [0, 0.05) is 6.07 Å². The molecule has 0 saturated heterocycles. The molecule has 0 spiro atoms. The Morgan fingerprint density at radius 1 is 1.44 bits per heavy atom. The van der Waals surface area contributed by atoms with Crippen LogP contribution in [0.5, 0.6) is 5.75 Å². The quantitative estimate of drug-likeness (QED) is 0.772. The number of benzene rings is 1. The third kappa shape index (κ3) is 4.29. The molecule has 0 fully saturated rings. The summed E-state index contributed by atoms with van der Waals surface area (Å²) in [6.45, 7) is 2.54. The number of rotatable bonds is 7. The average Bonchev–Trinajstić information content (AvgIpc) is 2.33. The van der Waals surface area contributed by atoms with Crippen LogP contribution in [0.4, 0.5) is 8.78 Å². The van der Waals surface area contributed by atoms with Gasteiger partial charge in [-0.1, -0.05) is 6.92 Å². The molecule has 0 aliphatic heterocycles. The third-order valence-electron chi connectivity index (χ3n) is 2.29. The van der Waals surface area contributed by atoms with E-state index in [1.807, 2.05) is 6.92 Å². The molecule has 0 aliphatic carbocycles. The fourth-order valence-corrected chi connectivity index (χ4v) is 1.31. The van der Waals surface area contributed by atoms with E-state index in [9.17, 15) is 13.6 Å². The molecular formula is C12H16F2N2O2. The first kappa shape index (κ1) is 14.4. The third-order valence-corrected chi connectivity index (χ3v) is 2.29. The fraction of sp³-hybridized carbons (Fsp3) is 0.417. The first-order valence-electron chi connectivity index (χ1n) is 5.65. The van der Waals surface area contributed by atoms with Crippen molar-refractivity contribution in [1.82, 2.24) is 5.32 Å². The monoisotopic (exact) mass is 258 g/mol. The highest BCUT2D eigenvalue weighted by Crippen LogP contribution is 2.15. The summed E-state index contributed by atoms with van der Waals surface area (Å²) < 4.78 is 30.8. The summed E-state index contributed by atoms with van der Waals surface area (Å²) in [5.74, 6) is -2.34. The minimum Gasteiger partial charge on any atom is -0.491 e. The molecule has 1 atom stereocenters. The van der Waals surface area contributed by atoms with E-state index in [4.69, 9.17) is 10.5 Å². The molecule has 1 amide bonds. The zero-order valence-corrected chi connectivity index (χ0v) is 10.1. The zero-order valence-electron chi connectivity index (χ0n) is 10.1. The topological polar surface area (TPSA) is 64.3 Å². The molecule has 18 heavy (non-hydrogen) atoms. The second-order valence-electron chi connectivity index (χ2n) is 3.80. The molecule has 0 heterocycles. The number of primary amides is 1. The van der Waals surface area contributed by atoms with E-state index in [0.717, 1.165) is 18.6 Å². The van der Waals surface area contributed by atoms with E-state index in [1.165, 1.54) is 6.07 Å². The van der Waals surface area contributed by atoms with Crippen LogP contribution in [0.2, 0.25) is 0 Å². The molecule has 0 aliphatic rings. The minimum absolute atomic E-state index is 0.0274. The van der Waals surface area contributed by atoms with Gasteiger partial charge in [0.15, 0.2) is 11.6 Å².